The van der Waals surface area contributed by atoms with Gasteiger partial charge in [0, 0.05) is 35.3 Å². The molecule has 1 aliphatic heterocycles. The smallest absolute Gasteiger partial charge is 0.341 e. The molecule has 0 unspecified atom stereocenters. The predicted octanol–water partition coefficient (Wildman–Crippen LogP) is 5.21. The zero-order valence-electron chi connectivity index (χ0n) is 21.2. The van der Waals surface area contributed by atoms with Crippen LogP contribution in [0.5, 0.6) is 11.6 Å². The largest absolute Gasteiger partial charge is 0.505 e. The van der Waals surface area contributed by atoms with Crippen LogP contribution in [0, 0.1) is 5.82 Å². The van der Waals surface area contributed by atoms with Crippen LogP contribution in [0.1, 0.15) is 46.2 Å². The molecule has 5 rings (SSSR count). The van der Waals surface area contributed by atoms with E-state index in [-0.39, 0.29) is 23.8 Å². The number of imidazole rings is 1. The Morgan fingerprint density at radius 3 is 2.68 bits per heavy atom. The molecular weight excluding hydrogens is 511 g/mol. The van der Waals surface area contributed by atoms with Gasteiger partial charge in [-0.15, -0.1) is 0 Å². The minimum atomic E-state index is -0.588. The molecule has 0 spiro atoms. The highest BCUT2D eigenvalue weighted by atomic mass is 35.5. The molecule has 3 heterocycles. The van der Waals surface area contributed by atoms with Gasteiger partial charge in [0.25, 0.3) is 0 Å². The normalized spacial score (nSPS) is 14.6. The fourth-order valence-electron chi connectivity index (χ4n) is 4.86. The SMILES string of the molecule is COC(=O)c1ccc2nc(CN3CCC(c4cccc(OCc5ccc(Cl)cc5F)n4)CC3)n(C)c2c1O. The van der Waals surface area contributed by atoms with Crippen molar-refractivity contribution < 1.29 is 23.8 Å². The van der Waals surface area contributed by atoms with Crippen molar-refractivity contribution in [1.29, 1.82) is 0 Å². The van der Waals surface area contributed by atoms with Crippen molar-refractivity contribution in [3.05, 3.63) is 82.0 Å². The summed E-state index contributed by atoms with van der Waals surface area (Å²) < 4.78 is 26.4. The average Bonchev–Trinajstić information content (AvgIpc) is 3.24. The van der Waals surface area contributed by atoms with Crippen LogP contribution in [-0.2, 0) is 24.9 Å². The topological polar surface area (TPSA) is 89.7 Å². The first kappa shape index (κ1) is 25.9. The Balaban J connectivity index is 1.21. The van der Waals surface area contributed by atoms with Gasteiger partial charge in [-0.25, -0.2) is 19.2 Å². The van der Waals surface area contributed by atoms with Gasteiger partial charge in [-0.2, -0.15) is 0 Å². The fraction of sp³-hybridized carbons (Fsp3) is 0.321. The van der Waals surface area contributed by atoms with Crippen LogP contribution in [-0.4, -0.2) is 50.7 Å². The van der Waals surface area contributed by atoms with Gasteiger partial charge in [-0.3, -0.25) is 4.90 Å². The fourth-order valence-corrected chi connectivity index (χ4v) is 5.02. The van der Waals surface area contributed by atoms with Gasteiger partial charge in [0.05, 0.1) is 19.2 Å². The lowest BCUT2D eigenvalue weighted by Crippen LogP contribution is -2.33. The summed E-state index contributed by atoms with van der Waals surface area (Å²) >= 11 is 5.82. The molecule has 0 bridgehead atoms. The Morgan fingerprint density at radius 1 is 1.16 bits per heavy atom. The van der Waals surface area contributed by atoms with E-state index in [1.54, 1.807) is 24.3 Å². The zero-order valence-corrected chi connectivity index (χ0v) is 21.9. The van der Waals surface area contributed by atoms with Crippen LogP contribution in [0.25, 0.3) is 11.0 Å². The van der Waals surface area contributed by atoms with E-state index in [2.05, 4.69) is 14.9 Å². The molecule has 38 heavy (non-hydrogen) atoms. The third kappa shape index (κ3) is 5.30. The zero-order chi connectivity index (χ0) is 26.8. The summed E-state index contributed by atoms with van der Waals surface area (Å²) in [6, 6.07) is 13.5. The molecule has 0 saturated carbocycles. The number of carbonyl (C=O) groups is 1. The number of carbonyl (C=O) groups excluding carboxylic acids is 1. The van der Waals surface area contributed by atoms with Crippen molar-refractivity contribution >= 4 is 28.6 Å². The summed E-state index contributed by atoms with van der Waals surface area (Å²) in [5.74, 6) is 0.439. The second-order valence-electron chi connectivity index (χ2n) is 9.38. The number of halogens is 2. The molecule has 0 aliphatic carbocycles. The first-order valence-corrected chi connectivity index (χ1v) is 12.7. The van der Waals surface area contributed by atoms with Crippen molar-refractivity contribution in [2.45, 2.75) is 31.9 Å². The van der Waals surface area contributed by atoms with E-state index in [9.17, 15) is 14.3 Å². The monoisotopic (exact) mass is 538 g/mol. The Labute approximate surface area is 224 Å². The van der Waals surface area contributed by atoms with E-state index in [1.165, 1.54) is 19.2 Å². The van der Waals surface area contributed by atoms with Gasteiger partial charge < -0.3 is 19.1 Å². The Morgan fingerprint density at radius 2 is 1.95 bits per heavy atom. The van der Waals surface area contributed by atoms with Crippen molar-refractivity contribution in [2.24, 2.45) is 7.05 Å². The number of esters is 1. The standard InChI is InChI=1S/C28H28ClFN4O4/c1-33-24(31-23-9-8-20(28(36)37-2)27(35)26(23)33)15-34-12-10-17(11-13-34)22-4-3-5-25(32-22)38-16-18-6-7-19(29)14-21(18)30/h3-9,14,17,35H,10-13,15-16H2,1-2H3. The van der Waals surface area contributed by atoms with Crippen molar-refractivity contribution in [2.75, 3.05) is 20.2 Å². The number of benzene rings is 2. The second kappa shape index (κ2) is 11.0. The number of hydrogen-bond acceptors (Lipinski definition) is 7. The molecule has 8 nitrogen and oxygen atoms in total. The number of ether oxygens (including phenoxy) is 2. The van der Waals surface area contributed by atoms with Gasteiger partial charge in [0.15, 0.2) is 5.75 Å². The number of piperidine rings is 1. The summed E-state index contributed by atoms with van der Waals surface area (Å²) in [5, 5.41) is 11.0. The summed E-state index contributed by atoms with van der Waals surface area (Å²) in [4.78, 5) is 23.6. The predicted molar refractivity (Wildman–Crippen MR) is 141 cm³/mol. The number of aryl methyl sites for hydroxylation is 1. The van der Waals surface area contributed by atoms with E-state index in [1.807, 2.05) is 23.7 Å². The number of likely N-dealkylation sites (tertiary alicyclic amines) is 1. The maximum Gasteiger partial charge on any atom is 0.341 e. The molecular formula is C28H28ClFN4O4. The summed E-state index contributed by atoms with van der Waals surface area (Å²) in [6.45, 7) is 2.41. The highest BCUT2D eigenvalue weighted by Crippen LogP contribution is 2.32. The third-order valence-corrected chi connectivity index (χ3v) is 7.25. The van der Waals surface area contributed by atoms with E-state index in [0.717, 1.165) is 37.4 Å². The number of fused-ring (bicyclic) bond motifs is 1. The minimum Gasteiger partial charge on any atom is -0.505 e. The highest BCUT2D eigenvalue weighted by molar-refractivity contribution is 6.30. The van der Waals surface area contributed by atoms with E-state index >= 15 is 0 Å². The number of phenols is 1. The number of aromatic hydroxyl groups is 1. The van der Waals surface area contributed by atoms with Crippen LogP contribution in [0.3, 0.4) is 0 Å². The van der Waals surface area contributed by atoms with Crippen LogP contribution in [0.2, 0.25) is 5.02 Å². The lowest BCUT2D eigenvalue weighted by molar-refractivity contribution is 0.0597. The molecule has 0 amide bonds. The number of aromatic nitrogens is 3. The van der Waals surface area contributed by atoms with E-state index in [0.29, 0.717) is 34.0 Å². The van der Waals surface area contributed by atoms with Crippen LogP contribution >= 0.6 is 11.6 Å². The van der Waals surface area contributed by atoms with Gasteiger partial charge in [0.1, 0.15) is 29.3 Å². The first-order chi connectivity index (χ1) is 18.3. The van der Waals surface area contributed by atoms with Gasteiger partial charge in [0.2, 0.25) is 5.88 Å². The highest BCUT2D eigenvalue weighted by Gasteiger charge is 2.25. The molecule has 0 radical (unpaired) electrons. The Bertz CT molecular complexity index is 1480. The molecule has 0 atom stereocenters. The van der Waals surface area contributed by atoms with Gasteiger partial charge in [-0.05, 0) is 56.3 Å². The molecule has 10 heteroatoms. The maximum atomic E-state index is 14.1. The van der Waals surface area contributed by atoms with Crippen LogP contribution < -0.4 is 4.74 Å². The molecule has 4 aromatic rings. The quantitative estimate of drug-likeness (QED) is 0.323. The number of pyridine rings is 1. The van der Waals surface area contributed by atoms with E-state index < -0.39 is 11.8 Å². The lowest BCUT2D eigenvalue weighted by Gasteiger charge is -2.31. The van der Waals surface area contributed by atoms with Crippen molar-refractivity contribution in [3.8, 4) is 11.6 Å². The molecule has 1 saturated heterocycles. The van der Waals surface area contributed by atoms with Crippen molar-refractivity contribution in [1.82, 2.24) is 19.4 Å². The summed E-state index contributed by atoms with van der Waals surface area (Å²) in [6.07, 6.45) is 1.84. The van der Waals surface area contributed by atoms with Gasteiger partial charge in [-0.1, -0.05) is 23.7 Å². The average molecular weight is 539 g/mol. The summed E-state index contributed by atoms with van der Waals surface area (Å²) in [5.41, 5.74) is 2.64. The number of hydrogen-bond donors (Lipinski definition) is 1. The first-order valence-electron chi connectivity index (χ1n) is 12.4. The molecule has 1 N–H and O–H groups in total. The molecule has 198 valence electrons. The number of methoxy groups -OCH3 is 1. The summed E-state index contributed by atoms with van der Waals surface area (Å²) in [7, 11) is 3.12. The molecule has 2 aromatic heterocycles. The number of nitrogens with zero attached hydrogens (tertiary/aromatic N) is 4. The molecule has 1 fully saturated rings. The minimum absolute atomic E-state index is 0.0760. The Hall–Kier alpha value is -3.69. The van der Waals surface area contributed by atoms with Gasteiger partial charge >= 0.3 is 5.97 Å². The lowest BCUT2D eigenvalue weighted by atomic mass is 9.93. The molecule has 2 aromatic carbocycles. The number of phenolic OH excluding ortho intramolecular Hbond substituents is 1. The van der Waals surface area contributed by atoms with Crippen molar-refractivity contribution in [3.63, 3.8) is 0 Å². The van der Waals surface area contributed by atoms with Crippen LogP contribution in [0.15, 0.2) is 48.5 Å². The third-order valence-electron chi connectivity index (χ3n) is 7.01. The molecule has 1 aliphatic rings. The maximum absolute atomic E-state index is 14.1. The second-order valence-corrected chi connectivity index (χ2v) is 9.82. The van der Waals surface area contributed by atoms with Crippen LogP contribution in [0.4, 0.5) is 4.39 Å². The number of rotatable bonds is 7. The Kier molecular flexibility index (Phi) is 7.49. The van der Waals surface area contributed by atoms with E-state index in [4.69, 9.17) is 21.1 Å².